The Morgan fingerprint density at radius 3 is 3.00 bits per heavy atom. The molecule has 0 aromatic carbocycles. The van der Waals surface area contributed by atoms with E-state index in [4.69, 9.17) is 0 Å². The monoisotopic (exact) mass is 149 g/mol. The number of allylic oxidation sites excluding steroid dienone is 3. The van der Waals surface area contributed by atoms with E-state index in [-0.39, 0.29) is 0 Å². The summed E-state index contributed by atoms with van der Waals surface area (Å²) in [5, 5.41) is 3.38. The second-order valence-electron chi connectivity index (χ2n) is 3.48. The Hall–Kier alpha value is -0.720. The third-order valence-corrected chi connectivity index (χ3v) is 2.40. The van der Waals surface area contributed by atoms with Crippen LogP contribution in [0.25, 0.3) is 0 Å². The lowest BCUT2D eigenvalue weighted by Gasteiger charge is -2.10. The normalized spacial score (nSPS) is 22.7. The highest BCUT2D eigenvalue weighted by molar-refractivity contribution is 5.16. The lowest BCUT2D eigenvalue weighted by molar-refractivity contribution is 0.680. The number of nitrogens with one attached hydrogen (secondary N) is 1. The molecular formula is C10H15N. The first-order valence-electron chi connectivity index (χ1n) is 4.55. The zero-order chi connectivity index (χ0) is 7.52. The average molecular weight is 149 g/mol. The average Bonchev–Trinajstić information content (AvgIpc) is 2.86. The molecule has 0 spiro atoms. The molecule has 1 heteroatoms. The summed E-state index contributed by atoms with van der Waals surface area (Å²) in [5.41, 5.74) is 1.43. The van der Waals surface area contributed by atoms with Gasteiger partial charge in [-0.15, -0.1) is 0 Å². The fourth-order valence-corrected chi connectivity index (χ4v) is 1.44. The highest BCUT2D eigenvalue weighted by atomic mass is 14.9. The van der Waals surface area contributed by atoms with Crippen molar-refractivity contribution in [1.29, 1.82) is 0 Å². The molecule has 0 aromatic rings. The van der Waals surface area contributed by atoms with Crippen molar-refractivity contribution in [3.8, 4) is 0 Å². The van der Waals surface area contributed by atoms with Gasteiger partial charge in [0.15, 0.2) is 0 Å². The summed E-state index contributed by atoms with van der Waals surface area (Å²) < 4.78 is 0. The van der Waals surface area contributed by atoms with Crippen LogP contribution in [0.15, 0.2) is 23.9 Å². The van der Waals surface area contributed by atoms with Crippen LogP contribution in [0.4, 0.5) is 0 Å². The van der Waals surface area contributed by atoms with E-state index in [0.29, 0.717) is 0 Å². The molecule has 1 fully saturated rings. The van der Waals surface area contributed by atoms with E-state index >= 15 is 0 Å². The van der Waals surface area contributed by atoms with Crippen molar-refractivity contribution in [1.82, 2.24) is 5.32 Å². The summed E-state index contributed by atoms with van der Waals surface area (Å²) in [6.45, 7) is 1.02. The minimum atomic E-state index is 1.02. The Kier molecular flexibility index (Phi) is 1.97. The number of hydrogen-bond donors (Lipinski definition) is 1. The molecule has 0 saturated heterocycles. The van der Waals surface area contributed by atoms with E-state index in [1.807, 2.05) is 0 Å². The Balaban J connectivity index is 1.75. The van der Waals surface area contributed by atoms with Gasteiger partial charge in [0.05, 0.1) is 0 Å². The molecule has 0 bridgehead atoms. The summed E-state index contributed by atoms with van der Waals surface area (Å²) >= 11 is 0. The van der Waals surface area contributed by atoms with Gasteiger partial charge in [-0.25, -0.2) is 0 Å². The van der Waals surface area contributed by atoms with E-state index in [0.717, 1.165) is 12.5 Å². The van der Waals surface area contributed by atoms with Crippen LogP contribution >= 0.6 is 0 Å². The van der Waals surface area contributed by atoms with Gasteiger partial charge in [-0.2, -0.15) is 0 Å². The SMILES string of the molecule is C1=CCNC(CCC2CC2)=C1. The molecule has 2 rings (SSSR count). The maximum Gasteiger partial charge on any atom is 0.0330 e. The molecule has 0 unspecified atom stereocenters. The Morgan fingerprint density at radius 2 is 2.36 bits per heavy atom. The number of hydrogen-bond acceptors (Lipinski definition) is 1. The molecule has 1 nitrogen and oxygen atoms in total. The summed E-state index contributed by atoms with van der Waals surface area (Å²) in [6, 6.07) is 0. The van der Waals surface area contributed by atoms with E-state index in [9.17, 15) is 0 Å². The molecule has 1 saturated carbocycles. The van der Waals surface area contributed by atoms with E-state index in [1.54, 1.807) is 0 Å². The Morgan fingerprint density at radius 1 is 1.45 bits per heavy atom. The molecule has 0 amide bonds. The lowest BCUT2D eigenvalue weighted by atomic mass is 10.1. The topological polar surface area (TPSA) is 12.0 Å². The Bertz CT molecular complexity index is 187. The van der Waals surface area contributed by atoms with Gasteiger partial charge >= 0.3 is 0 Å². The first-order valence-corrected chi connectivity index (χ1v) is 4.55. The van der Waals surface area contributed by atoms with Crippen LogP contribution in [0.5, 0.6) is 0 Å². The molecule has 60 valence electrons. The van der Waals surface area contributed by atoms with Crippen molar-refractivity contribution in [2.24, 2.45) is 5.92 Å². The quantitative estimate of drug-likeness (QED) is 0.648. The largest absolute Gasteiger partial charge is 0.385 e. The predicted molar refractivity (Wildman–Crippen MR) is 47.2 cm³/mol. The highest BCUT2D eigenvalue weighted by Crippen LogP contribution is 2.34. The maximum absolute atomic E-state index is 3.38. The molecule has 11 heavy (non-hydrogen) atoms. The van der Waals surface area contributed by atoms with Crippen LogP contribution in [0, 0.1) is 5.92 Å². The van der Waals surface area contributed by atoms with Crippen LogP contribution in [0.2, 0.25) is 0 Å². The minimum absolute atomic E-state index is 1.02. The van der Waals surface area contributed by atoms with Crippen LogP contribution in [0.3, 0.4) is 0 Å². The van der Waals surface area contributed by atoms with Crippen molar-refractivity contribution >= 4 is 0 Å². The fraction of sp³-hybridized carbons (Fsp3) is 0.600. The highest BCUT2D eigenvalue weighted by Gasteiger charge is 2.20. The molecular weight excluding hydrogens is 134 g/mol. The second-order valence-corrected chi connectivity index (χ2v) is 3.48. The Labute approximate surface area is 68.2 Å². The van der Waals surface area contributed by atoms with Crippen molar-refractivity contribution < 1.29 is 0 Å². The lowest BCUT2D eigenvalue weighted by Crippen LogP contribution is -2.15. The van der Waals surface area contributed by atoms with E-state index in [1.165, 1.54) is 31.4 Å². The van der Waals surface area contributed by atoms with Gasteiger partial charge in [-0.1, -0.05) is 25.0 Å². The molecule has 0 atom stereocenters. The fourth-order valence-electron chi connectivity index (χ4n) is 1.44. The minimum Gasteiger partial charge on any atom is -0.385 e. The number of dihydropyridines is 1. The summed E-state index contributed by atoms with van der Waals surface area (Å²) in [7, 11) is 0. The van der Waals surface area contributed by atoms with E-state index < -0.39 is 0 Å². The van der Waals surface area contributed by atoms with Gasteiger partial charge in [-0.05, 0) is 24.8 Å². The van der Waals surface area contributed by atoms with Crippen molar-refractivity contribution in [3.63, 3.8) is 0 Å². The van der Waals surface area contributed by atoms with Crippen LogP contribution in [0.1, 0.15) is 25.7 Å². The van der Waals surface area contributed by atoms with E-state index in [2.05, 4.69) is 23.5 Å². The van der Waals surface area contributed by atoms with Gasteiger partial charge in [0.25, 0.3) is 0 Å². The molecule has 0 aromatic heterocycles. The van der Waals surface area contributed by atoms with Crippen molar-refractivity contribution in [2.75, 3.05) is 6.54 Å². The predicted octanol–water partition coefficient (Wildman–Crippen LogP) is 2.22. The first-order chi connectivity index (χ1) is 5.45. The van der Waals surface area contributed by atoms with Gasteiger partial charge < -0.3 is 5.32 Å². The van der Waals surface area contributed by atoms with Gasteiger partial charge in [-0.3, -0.25) is 0 Å². The summed E-state index contributed by atoms with van der Waals surface area (Å²) in [6.07, 6.45) is 12.1. The van der Waals surface area contributed by atoms with Crippen molar-refractivity contribution in [3.05, 3.63) is 23.9 Å². The van der Waals surface area contributed by atoms with Crippen LogP contribution in [-0.4, -0.2) is 6.54 Å². The summed E-state index contributed by atoms with van der Waals surface area (Å²) in [4.78, 5) is 0. The summed E-state index contributed by atoms with van der Waals surface area (Å²) in [5.74, 6) is 1.06. The third-order valence-electron chi connectivity index (χ3n) is 2.40. The molecule has 0 radical (unpaired) electrons. The zero-order valence-electron chi connectivity index (χ0n) is 6.84. The number of rotatable bonds is 3. The van der Waals surface area contributed by atoms with Crippen LogP contribution in [-0.2, 0) is 0 Å². The third kappa shape index (κ3) is 2.11. The van der Waals surface area contributed by atoms with Gasteiger partial charge in [0, 0.05) is 12.2 Å². The molecule has 1 aliphatic heterocycles. The molecule has 1 aliphatic carbocycles. The van der Waals surface area contributed by atoms with Crippen LogP contribution < -0.4 is 5.32 Å². The van der Waals surface area contributed by atoms with Crippen molar-refractivity contribution in [2.45, 2.75) is 25.7 Å². The molecule has 1 heterocycles. The maximum atomic E-state index is 3.38. The molecule has 2 aliphatic rings. The van der Waals surface area contributed by atoms with Gasteiger partial charge in [0.2, 0.25) is 0 Å². The zero-order valence-corrected chi connectivity index (χ0v) is 6.84. The molecule has 1 N–H and O–H groups in total. The second kappa shape index (κ2) is 3.12. The smallest absolute Gasteiger partial charge is 0.0330 e. The standard InChI is InChI=1S/C10H15N/c1-2-8-11-10(3-1)7-6-9-4-5-9/h1-3,9,11H,4-8H2. The first kappa shape index (κ1) is 6.96. The van der Waals surface area contributed by atoms with Gasteiger partial charge in [0.1, 0.15) is 0 Å².